The van der Waals surface area contributed by atoms with Crippen molar-refractivity contribution in [2.24, 2.45) is 0 Å². The van der Waals surface area contributed by atoms with E-state index < -0.39 is 10.2 Å². The number of benzene rings is 2. The van der Waals surface area contributed by atoms with Gasteiger partial charge in [0.25, 0.3) is 0 Å². The number of nitrogens with zero attached hydrogens (tertiary/aromatic N) is 2. The van der Waals surface area contributed by atoms with Crippen molar-refractivity contribution < 1.29 is 18.0 Å². The Morgan fingerprint density at radius 1 is 1.05 bits per heavy atom. The van der Waals surface area contributed by atoms with Gasteiger partial charge in [0.2, 0.25) is 5.91 Å². The number of rotatable bonds is 8. The minimum Gasteiger partial charge on any atom is -0.355 e. The Kier molecular flexibility index (Phi) is 11.1. The molecule has 9 nitrogen and oxygen atoms in total. The highest BCUT2D eigenvalue weighted by Gasteiger charge is 2.22. The van der Waals surface area contributed by atoms with E-state index in [9.17, 15) is 13.2 Å². The van der Waals surface area contributed by atoms with Crippen LogP contribution in [-0.2, 0) is 45.7 Å². The van der Waals surface area contributed by atoms with Crippen LogP contribution in [0, 0.1) is 0 Å². The molecule has 4 bridgehead atoms. The summed E-state index contributed by atoms with van der Waals surface area (Å²) in [5, 5.41) is 6.16. The van der Waals surface area contributed by atoms with Gasteiger partial charge in [-0.3, -0.25) is 13.9 Å². The Hall–Kier alpha value is -2.50. The van der Waals surface area contributed by atoms with Crippen molar-refractivity contribution in [1.29, 1.82) is 0 Å². The second-order valence-corrected chi connectivity index (χ2v) is 12.3. The number of nitrogens with one attached hydrogen (secondary N) is 3. The van der Waals surface area contributed by atoms with Crippen molar-refractivity contribution in [3.05, 3.63) is 64.7 Å². The molecule has 1 aliphatic heterocycles. The fourth-order valence-electron chi connectivity index (χ4n) is 4.52. The van der Waals surface area contributed by atoms with Crippen LogP contribution >= 0.6 is 0 Å². The molecule has 1 amide bonds. The zero-order valence-electron chi connectivity index (χ0n) is 23.3. The highest BCUT2D eigenvalue weighted by atomic mass is 32.2. The molecule has 2 atom stereocenters. The first-order valence-electron chi connectivity index (χ1n) is 13.4. The van der Waals surface area contributed by atoms with Gasteiger partial charge >= 0.3 is 10.2 Å². The van der Waals surface area contributed by atoms with Gasteiger partial charge in [0.05, 0.1) is 18.3 Å². The zero-order chi connectivity index (χ0) is 27.7. The summed E-state index contributed by atoms with van der Waals surface area (Å²) in [5.41, 5.74) is 8.29. The maximum absolute atomic E-state index is 12.8. The molecule has 3 rings (SSSR count). The van der Waals surface area contributed by atoms with E-state index in [-0.39, 0.29) is 24.6 Å². The summed E-state index contributed by atoms with van der Waals surface area (Å²) in [4.78, 5) is 18.2. The number of aryl methyl sites for hydroxylation is 2. The molecule has 38 heavy (non-hydrogen) atoms. The SMILES string of the molecule is CCNC(=O)[C@H](C)NCC1Cc2cccc(c2)CCCCc2cc(cc(N(C)S(=O)(=O)N(C)C)c2)CON1. The molecule has 0 spiro atoms. The van der Waals surface area contributed by atoms with Gasteiger partial charge in [-0.25, -0.2) is 0 Å². The molecule has 1 unspecified atom stereocenters. The molecule has 1 aliphatic rings. The third kappa shape index (κ3) is 8.51. The molecular weight excluding hydrogens is 502 g/mol. The smallest absolute Gasteiger partial charge is 0.303 e. The number of amides is 1. The van der Waals surface area contributed by atoms with Gasteiger partial charge in [0.1, 0.15) is 0 Å². The summed E-state index contributed by atoms with van der Waals surface area (Å²) in [6.07, 6.45) is 4.61. The normalized spacial score (nSPS) is 17.8. The van der Waals surface area contributed by atoms with E-state index in [1.54, 1.807) is 7.05 Å². The lowest BCUT2D eigenvalue weighted by atomic mass is 9.99. The molecule has 0 saturated heterocycles. The predicted octanol–water partition coefficient (Wildman–Crippen LogP) is 2.55. The lowest BCUT2D eigenvalue weighted by molar-refractivity contribution is -0.122. The van der Waals surface area contributed by atoms with Crippen molar-refractivity contribution in [3.8, 4) is 0 Å². The van der Waals surface area contributed by atoms with Crippen LogP contribution in [0.25, 0.3) is 0 Å². The largest absolute Gasteiger partial charge is 0.355 e. The molecule has 0 aliphatic carbocycles. The lowest BCUT2D eigenvalue weighted by Crippen LogP contribution is -2.48. The Morgan fingerprint density at radius 3 is 2.42 bits per heavy atom. The number of hydrogen-bond donors (Lipinski definition) is 3. The third-order valence-electron chi connectivity index (χ3n) is 6.77. The summed E-state index contributed by atoms with van der Waals surface area (Å²) >= 11 is 0. The van der Waals surface area contributed by atoms with Crippen molar-refractivity contribution >= 4 is 21.8 Å². The van der Waals surface area contributed by atoms with E-state index in [2.05, 4.69) is 46.4 Å². The lowest BCUT2D eigenvalue weighted by Gasteiger charge is -2.25. The van der Waals surface area contributed by atoms with Crippen LogP contribution < -0.4 is 20.4 Å². The highest BCUT2D eigenvalue weighted by molar-refractivity contribution is 7.90. The number of fused-ring (bicyclic) bond motifs is 4. The molecule has 2 aromatic carbocycles. The van der Waals surface area contributed by atoms with Crippen LogP contribution in [0.5, 0.6) is 0 Å². The second-order valence-electron chi connectivity index (χ2n) is 10.1. The maximum Gasteiger partial charge on any atom is 0.303 e. The van der Waals surface area contributed by atoms with E-state index >= 15 is 0 Å². The fraction of sp³-hybridized carbons (Fsp3) is 0.536. The topological polar surface area (TPSA) is 103 Å². The van der Waals surface area contributed by atoms with Gasteiger partial charge in [0, 0.05) is 40.3 Å². The Labute approximate surface area is 228 Å². The number of carbonyl (C=O) groups excluding carboxylic acids is 1. The van der Waals surface area contributed by atoms with Gasteiger partial charge in [-0.1, -0.05) is 30.3 Å². The average Bonchev–Trinajstić information content (AvgIpc) is 2.89. The standard InChI is InChI=1S/C28H43N5O4S/c1-6-29-28(34)21(2)30-19-26-16-23-13-9-12-22(14-23)10-7-8-11-24-15-25(20-37-31-26)18-27(17-24)33(5)38(35,36)32(3)4/h9,12-15,17-18,21,26,30-31H,6-8,10-11,16,19-20H2,1-5H3,(H,29,34)/t21-,26?/m0/s1. The quantitative estimate of drug-likeness (QED) is 0.471. The van der Waals surface area contributed by atoms with Crippen LogP contribution in [0.15, 0.2) is 42.5 Å². The minimum atomic E-state index is -3.61. The van der Waals surface area contributed by atoms with Gasteiger partial charge in [-0.15, -0.1) is 0 Å². The van der Waals surface area contributed by atoms with E-state index in [0.717, 1.165) is 43.2 Å². The molecule has 210 valence electrons. The summed E-state index contributed by atoms with van der Waals surface area (Å²) in [7, 11) is 1.02. The Bertz CT molecular complexity index is 1170. The number of hydrogen-bond acceptors (Lipinski definition) is 6. The van der Waals surface area contributed by atoms with Gasteiger partial charge < -0.3 is 10.6 Å². The molecule has 0 fully saturated rings. The molecule has 0 aromatic heterocycles. The van der Waals surface area contributed by atoms with Crippen LogP contribution in [0.4, 0.5) is 5.69 Å². The predicted molar refractivity (Wildman–Crippen MR) is 152 cm³/mol. The van der Waals surface area contributed by atoms with Crippen LogP contribution in [0.3, 0.4) is 0 Å². The van der Waals surface area contributed by atoms with Gasteiger partial charge in [-0.05, 0) is 80.3 Å². The Morgan fingerprint density at radius 2 is 1.71 bits per heavy atom. The van der Waals surface area contributed by atoms with E-state index in [1.807, 2.05) is 26.0 Å². The van der Waals surface area contributed by atoms with Crippen LogP contribution in [0.2, 0.25) is 0 Å². The number of carbonyl (C=O) groups is 1. The van der Waals surface area contributed by atoms with Gasteiger partial charge in [0.15, 0.2) is 0 Å². The van der Waals surface area contributed by atoms with Crippen molar-refractivity contribution in [3.63, 3.8) is 0 Å². The highest BCUT2D eigenvalue weighted by Crippen LogP contribution is 2.24. The number of anilines is 1. The molecule has 0 saturated carbocycles. The first-order chi connectivity index (χ1) is 18.1. The third-order valence-corrected chi connectivity index (χ3v) is 8.59. The first-order valence-corrected chi connectivity index (χ1v) is 14.7. The molecule has 10 heteroatoms. The number of likely N-dealkylation sites (N-methyl/N-ethyl adjacent to an activating group) is 1. The molecular formula is C28H43N5O4S. The molecule has 3 N–H and O–H groups in total. The summed E-state index contributed by atoms with van der Waals surface area (Å²) < 4.78 is 28.1. The monoisotopic (exact) mass is 545 g/mol. The second kappa shape index (κ2) is 14.0. The van der Waals surface area contributed by atoms with E-state index in [0.29, 0.717) is 18.8 Å². The van der Waals surface area contributed by atoms with Crippen molar-refractivity contribution in [2.45, 2.75) is 64.6 Å². The molecule has 0 radical (unpaired) electrons. The van der Waals surface area contributed by atoms with E-state index in [4.69, 9.17) is 4.84 Å². The zero-order valence-corrected chi connectivity index (χ0v) is 24.1. The Balaban J connectivity index is 1.83. The molecule has 2 aromatic rings. The van der Waals surface area contributed by atoms with Crippen molar-refractivity contribution in [2.75, 3.05) is 38.5 Å². The van der Waals surface area contributed by atoms with Crippen LogP contribution in [0.1, 0.15) is 48.9 Å². The molecule has 1 heterocycles. The summed E-state index contributed by atoms with van der Waals surface area (Å²) in [6.45, 7) is 5.16. The van der Waals surface area contributed by atoms with Gasteiger partial charge in [-0.2, -0.15) is 18.2 Å². The number of hydroxylamine groups is 1. The minimum absolute atomic E-state index is 0.0336. The van der Waals surface area contributed by atoms with Crippen LogP contribution in [-0.4, -0.2) is 64.9 Å². The summed E-state index contributed by atoms with van der Waals surface area (Å²) in [5.74, 6) is -0.0336. The fourth-order valence-corrected chi connectivity index (χ4v) is 5.38. The first kappa shape index (κ1) is 30.0. The van der Waals surface area contributed by atoms with E-state index in [1.165, 1.54) is 33.8 Å². The maximum atomic E-state index is 12.8. The van der Waals surface area contributed by atoms with Crippen molar-refractivity contribution in [1.82, 2.24) is 20.4 Å². The summed E-state index contributed by atoms with van der Waals surface area (Å²) in [6, 6.07) is 14.1. The average molecular weight is 546 g/mol.